The molecule has 2 rings (SSSR count). The summed E-state index contributed by atoms with van der Waals surface area (Å²) in [6.07, 6.45) is 2.85. The van der Waals surface area contributed by atoms with Gasteiger partial charge in [-0.05, 0) is 43.5 Å². The molecule has 4 nitrogen and oxygen atoms in total. The SMILES string of the molecule is CCNC1CCCN(CCc2ccc(O)cc2)C1=O. The van der Waals surface area contributed by atoms with Crippen LogP contribution in [0.15, 0.2) is 24.3 Å². The quantitative estimate of drug-likeness (QED) is 0.846. The molecular weight excluding hydrogens is 240 g/mol. The van der Waals surface area contributed by atoms with Gasteiger partial charge < -0.3 is 15.3 Å². The van der Waals surface area contributed by atoms with Crippen molar-refractivity contribution in [2.24, 2.45) is 0 Å². The van der Waals surface area contributed by atoms with Crippen molar-refractivity contribution in [2.75, 3.05) is 19.6 Å². The van der Waals surface area contributed by atoms with Gasteiger partial charge >= 0.3 is 0 Å². The maximum Gasteiger partial charge on any atom is 0.239 e. The number of likely N-dealkylation sites (N-methyl/N-ethyl adjacent to an activating group) is 1. The first-order chi connectivity index (χ1) is 9.20. The van der Waals surface area contributed by atoms with Gasteiger partial charge in [-0.25, -0.2) is 0 Å². The second-order valence-corrected chi connectivity index (χ2v) is 4.99. The summed E-state index contributed by atoms with van der Waals surface area (Å²) in [7, 11) is 0. The Labute approximate surface area is 114 Å². The Balaban J connectivity index is 1.88. The van der Waals surface area contributed by atoms with Crippen molar-refractivity contribution < 1.29 is 9.90 Å². The Morgan fingerprint density at radius 3 is 2.79 bits per heavy atom. The summed E-state index contributed by atoms with van der Waals surface area (Å²) in [6.45, 7) is 4.48. The number of hydrogen-bond acceptors (Lipinski definition) is 3. The first-order valence-corrected chi connectivity index (χ1v) is 7.00. The summed E-state index contributed by atoms with van der Waals surface area (Å²) in [5.41, 5.74) is 1.15. The molecule has 1 atom stereocenters. The molecule has 104 valence electrons. The normalized spacial score (nSPS) is 19.7. The number of phenolic OH excluding ortho intramolecular Hbond substituents is 1. The van der Waals surface area contributed by atoms with Crippen LogP contribution in [0.4, 0.5) is 0 Å². The van der Waals surface area contributed by atoms with Crippen LogP contribution in [-0.4, -0.2) is 41.6 Å². The molecule has 1 aromatic carbocycles. The Morgan fingerprint density at radius 2 is 2.11 bits per heavy atom. The lowest BCUT2D eigenvalue weighted by Gasteiger charge is -2.32. The van der Waals surface area contributed by atoms with Gasteiger partial charge in [-0.2, -0.15) is 0 Å². The number of rotatable bonds is 5. The summed E-state index contributed by atoms with van der Waals surface area (Å²) < 4.78 is 0. The van der Waals surface area contributed by atoms with Gasteiger partial charge in [0.15, 0.2) is 0 Å². The van der Waals surface area contributed by atoms with E-state index in [4.69, 9.17) is 0 Å². The molecule has 4 heteroatoms. The number of carbonyl (C=O) groups is 1. The van der Waals surface area contributed by atoms with Crippen molar-refractivity contribution in [2.45, 2.75) is 32.2 Å². The van der Waals surface area contributed by atoms with Crippen molar-refractivity contribution in [1.82, 2.24) is 10.2 Å². The van der Waals surface area contributed by atoms with Crippen LogP contribution in [0.3, 0.4) is 0 Å². The van der Waals surface area contributed by atoms with Gasteiger partial charge in [-0.15, -0.1) is 0 Å². The number of aromatic hydroxyl groups is 1. The molecule has 1 aliphatic heterocycles. The minimum Gasteiger partial charge on any atom is -0.508 e. The molecule has 19 heavy (non-hydrogen) atoms. The summed E-state index contributed by atoms with van der Waals surface area (Å²) in [6, 6.07) is 7.19. The van der Waals surface area contributed by atoms with Crippen LogP contribution in [0.25, 0.3) is 0 Å². The molecule has 1 fully saturated rings. The maximum absolute atomic E-state index is 12.2. The van der Waals surface area contributed by atoms with Crippen LogP contribution in [0.2, 0.25) is 0 Å². The summed E-state index contributed by atoms with van der Waals surface area (Å²) in [4.78, 5) is 14.2. The van der Waals surface area contributed by atoms with Crippen LogP contribution >= 0.6 is 0 Å². The molecule has 2 N–H and O–H groups in total. The summed E-state index contributed by atoms with van der Waals surface area (Å²) in [5.74, 6) is 0.511. The van der Waals surface area contributed by atoms with E-state index in [-0.39, 0.29) is 17.7 Å². The van der Waals surface area contributed by atoms with Gasteiger partial charge in [0.2, 0.25) is 5.91 Å². The molecule has 0 saturated carbocycles. The Bertz CT molecular complexity index is 415. The first kappa shape index (κ1) is 13.9. The van der Waals surface area contributed by atoms with Gasteiger partial charge in [0.05, 0.1) is 6.04 Å². The zero-order chi connectivity index (χ0) is 13.7. The molecule has 1 saturated heterocycles. The largest absolute Gasteiger partial charge is 0.508 e. The topological polar surface area (TPSA) is 52.6 Å². The summed E-state index contributed by atoms with van der Waals surface area (Å²) in [5, 5.41) is 12.5. The van der Waals surface area contributed by atoms with Crippen molar-refractivity contribution in [3.63, 3.8) is 0 Å². The molecule has 1 aliphatic rings. The number of hydrogen-bond donors (Lipinski definition) is 2. The molecule has 1 amide bonds. The number of likely N-dealkylation sites (tertiary alicyclic amines) is 1. The minimum atomic E-state index is -0.00133. The van der Waals surface area contributed by atoms with E-state index < -0.39 is 0 Å². The van der Waals surface area contributed by atoms with E-state index >= 15 is 0 Å². The molecule has 0 radical (unpaired) electrons. The monoisotopic (exact) mass is 262 g/mol. The van der Waals surface area contributed by atoms with Gasteiger partial charge in [-0.3, -0.25) is 4.79 Å². The van der Waals surface area contributed by atoms with Crippen molar-refractivity contribution >= 4 is 5.91 Å². The van der Waals surface area contributed by atoms with Crippen LogP contribution in [0.1, 0.15) is 25.3 Å². The highest BCUT2D eigenvalue weighted by molar-refractivity contribution is 5.82. The van der Waals surface area contributed by atoms with Crippen molar-refractivity contribution in [3.05, 3.63) is 29.8 Å². The zero-order valence-corrected chi connectivity index (χ0v) is 11.4. The lowest BCUT2D eigenvalue weighted by Crippen LogP contribution is -2.51. The Kier molecular flexibility index (Phi) is 4.80. The third-order valence-corrected chi connectivity index (χ3v) is 3.59. The highest BCUT2D eigenvalue weighted by Gasteiger charge is 2.27. The Hall–Kier alpha value is -1.55. The highest BCUT2D eigenvalue weighted by Crippen LogP contribution is 2.14. The number of piperidine rings is 1. The van der Waals surface area contributed by atoms with E-state index in [9.17, 15) is 9.90 Å². The molecule has 0 spiro atoms. The van der Waals surface area contributed by atoms with Gasteiger partial charge in [0.25, 0.3) is 0 Å². The van der Waals surface area contributed by atoms with Crippen molar-refractivity contribution in [3.8, 4) is 5.75 Å². The van der Waals surface area contributed by atoms with Crippen LogP contribution in [0, 0.1) is 0 Å². The van der Waals surface area contributed by atoms with E-state index in [1.807, 2.05) is 24.0 Å². The zero-order valence-electron chi connectivity index (χ0n) is 11.4. The van der Waals surface area contributed by atoms with Crippen LogP contribution < -0.4 is 5.32 Å². The van der Waals surface area contributed by atoms with E-state index in [1.165, 1.54) is 0 Å². The smallest absolute Gasteiger partial charge is 0.239 e. The van der Waals surface area contributed by atoms with Gasteiger partial charge in [-0.1, -0.05) is 19.1 Å². The Morgan fingerprint density at radius 1 is 1.37 bits per heavy atom. The molecule has 1 heterocycles. The average molecular weight is 262 g/mol. The number of nitrogens with one attached hydrogen (secondary N) is 1. The van der Waals surface area contributed by atoms with Gasteiger partial charge in [0, 0.05) is 13.1 Å². The molecule has 0 bridgehead atoms. The standard InChI is InChI=1S/C15H22N2O2/c1-2-16-14-4-3-10-17(15(14)19)11-9-12-5-7-13(18)8-6-12/h5-8,14,16,18H,2-4,9-11H2,1H3. The second kappa shape index (κ2) is 6.57. The highest BCUT2D eigenvalue weighted by atomic mass is 16.3. The number of amides is 1. The van der Waals surface area contributed by atoms with E-state index in [1.54, 1.807) is 12.1 Å². The number of benzene rings is 1. The fourth-order valence-corrected chi connectivity index (χ4v) is 2.52. The lowest BCUT2D eigenvalue weighted by molar-refractivity contribution is -0.135. The number of phenols is 1. The fourth-order valence-electron chi connectivity index (χ4n) is 2.52. The van der Waals surface area contributed by atoms with E-state index in [0.29, 0.717) is 0 Å². The van der Waals surface area contributed by atoms with E-state index in [2.05, 4.69) is 5.32 Å². The van der Waals surface area contributed by atoms with Crippen LogP contribution in [-0.2, 0) is 11.2 Å². The number of nitrogens with zero attached hydrogens (tertiary/aromatic N) is 1. The molecular formula is C15H22N2O2. The maximum atomic E-state index is 12.2. The number of carbonyl (C=O) groups excluding carboxylic acids is 1. The van der Waals surface area contributed by atoms with E-state index in [0.717, 1.165) is 44.5 Å². The van der Waals surface area contributed by atoms with Crippen LogP contribution in [0.5, 0.6) is 5.75 Å². The lowest BCUT2D eigenvalue weighted by atomic mass is 10.0. The second-order valence-electron chi connectivity index (χ2n) is 4.99. The average Bonchev–Trinajstić information content (AvgIpc) is 2.42. The molecule has 0 aromatic heterocycles. The predicted octanol–water partition coefficient (Wildman–Crippen LogP) is 1.54. The molecule has 0 aliphatic carbocycles. The third-order valence-electron chi connectivity index (χ3n) is 3.59. The first-order valence-electron chi connectivity index (χ1n) is 7.00. The summed E-state index contributed by atoms with van der Waals surface area (Å²) >= 11 is 0. The molecule has 1 aromatic rings. The van der Waals surface area contributed by atoms with Crippen molar-refractivity contribution in [1.29, 1.82) is 0 Å². The minimum absolute atomic E-state index is 0.00133. The fraction of sp³-hybridized carbons (Fsp3) is 0.533. The third kappa shape index (κ3) is 3.70. The predicted molar refractivity (Wildman–Crippen MR) is 75.1 cm³/mol. The van der Waals surface area contributed by atoms with Gasteiger partial charge in [0.1, 0.15) is 5.75 Å². The molecule has 1 unspecified atom stereocenters.